The molecule has 0 amide bonds. The zero-order chi connectivity index (χ0) is 13.3. The van der Waals surface area contributed by atoms with Crippen LogP contribution in [0.1, 0.15) is 57.4 Å². The van der Waals surface area contributed by atoms with Crippen LogP contribution >= 0.6 is 0 Å². The maximum absolute atomic E-state index is 5.99. The topological polar surface area (TPSA) is 21.3 Å². The van der Waals surface area contributed by atoms with Crippen LogP contribution in [0.25, 0.3) is 0 Å². The lowest BCUT2D eigenvalue weighted by Gasteiger charge is -2.47. The number of anilines is 1. The highest BCUT2D eigenvalue weighted by Crippen LogP contribution is 2.42. The molecule has 0 aromatic heterocycles. The summed E-state index contributed by atoms with van der Waals surface area (Å²) in [6.07, 6.45) is 6.18. The molecule has 1 saturated heterocycles. The number of ether oxygens (including phenoxy) is 1. The molecule has 1 saturated carbocycles. The lowest BCUT2D eigenvalue weighted by atomic mass is 9.74. The molecule has 2 heteroatoms. The van der Waals surface area contributed by atoms with Gasteiger partial charge in [-0.25, -0.2) is 0 Å². The number of nitrogens with one attached hydrogen (secondary N) is 1. The molecule has 1 aromatic carbocycles. The van der Waals surface area contributed by atoms with E-state index in [1.807, 2.05) is 0 Å². The zero-order valence-corrected chi connectivity index (χ0v) is 12.1. The van der Waals surface area contributed by atoms with Crippen LogP contribution in [0.4, 0.5) is 5.69 Å². The summed E-state index contributed by atoms with van der Waals surface area (Å²) in [6.45, 7) is 5.41. The van der Waals surface area contributed by atoms with Crippen molar-refractivity contribution in [2.45, 2.75) is 63.5 Å². The minimum Gasteiger partial charge on any atom is -0.382 e. The highest BCUT2D eigenvalue weighted by Gasteiger charge is 2.42. The first-order valence-corrected chi connectivity index (χ1v) is 7.67. The van der Waals surface area contributed by atoms with E-state index in [2.05, 4.69) is 43.4 Å². The van der Waals surface area contributed by atoms with Crippen LogP contribution in [0, 0.1) is 0 Å². The van der Waals surface area contributed by atoms with Crippen LogP contribution in [0.2, 0.25) is 0 Å². The van der Waals surface area contributed by atoms with Crippen LogP contribution in [-0.2, 0) is 4.74 Å². The van der Waals surface area contributed by atoms with Crippen LogP contribution in [0.5, 0.6) is 0 Å². The van der Waals surface area contributed by atoms with Gasteiger partial charge in [0, 0.05) is 18.3 Å². The molecule has 1 aliphatic carbocycles. The smallest absolute Gasteiger partial charge is 0.0702 e. The van der Waals surface area contributed by atoms with Crippen molar-refractivity contribution >= 4 is 5.69 Å². The van der Waals surface area contributed by atoms with E-state index in [0.29, 0.717) is 12.0 Å². The van der Waals surface area contributed by atoms with Crippen molar-refractivity contribution in [3.8, 4) is 0 Å². The van der Waals surface area contributed by atoms with Crippen LogP contribution < -0.4 is 5.32 Å². The Hall–Kier alpha value is -1.02. The molecule has 3 rings (SSSR count). The van der Waals surface area contributed by atoms with Crippen molar-refractivity contribution in [1.29, 1.82) is 0 Å². The second-order valence-corrected chi connectivity index (χ2v) is 6.50. The standard InChI is InChI=1S/C17H25NO/c1-13(2)14-5-3-6-15(11-14)18-16-7-10-19-17(12-16)8-4-9-17/h3,5-6,11,13,16,18H,4,7-10,12H2,1-2H3. The Bertz CT molecular complexity index is 437. The Morgan fingerprint density at radius 3 is 2.84 bits per heavy atom. The van der Waals surface area contributed by atoms with Crippen LogP contribution in [-0.4, -0.2) is 18.2 Å². The maximum atomic E-state index is 5.99. The average molecular weight is 259 g/mol. The first kappa shape index (κ1) is 13.0. The van der Waals surface area contributed by atoms with Crippen molar-refractivity contribution in [1.82, 2.24) is 0 Å². The lowest BCUT2D eigenvalue weighted by Crippen LogP contribution is -2.49. The second-order valence-electron chi connectivity index (χ2n) is 6.50. The minimum absolute atomic E-state index is 0.228. The number of hydrogen-bond acceptors (Lipinski definition) is 2. The number of rotatable bonds is 3. The second kappa shape index (κ2) is 5.16. The molecule has 0 bridgehead atoms. The summed E-state index contributed by atoms with van der Waals surface area (Å²) < 4.78 is 5.99. The van der Waals surface area contributed by atoms with E-state index in [9.17, 15) is 0 Å². The third-order valence-corrected chi connectivity index (χ3v) is 4.68. The molecule has 1 aliphatic heterocycles. The van der Waals surface area contributed by atoms with E-state index >= 15 is 0 Å². The zero-order valence-electron chi connectivity index (χ0n) is 12.1. The highest BCUT2D eigenvalue weighted by molar-refractivity contribution is 5.47. The molecular formula is C17H25NO. The van der Waals surface area contributed by atoms with Gasteiger partial charge in [0.1, 0.15) is 0 Å². The molecule has 19 heavy (non-hydrogen) atoms. The lowest BCUT2D eigenvalue weighted by molar-refractivity contribution is -0.130. The van der Waals surface area contributed by atoms with Gasteiger partial charge in [-0.3, -0.25) is 0 Å². The van der Waals surface area contributed by atoms with Crippen LogP contribution in [0.3, 0.4) is 0 Å². The van der Waals surface area contributed by atoms with Gasteiger partial charge in [0.05, 0.1) is 5.60 Å². The highest BCUT2D eigenvalue weighted by atomic mass is 16.5. The van der Waals surface area contributed by atoms with E-state index in [1.165, 1.54) is 36.9 Å². The van der Waals surface area contributed by atoms with Crippen molar-refractivity contribution in [2.75, 3.05) is 11.9 Å². The Morgan fingerprint density at radius 2 is 2.16 bits per heavy atom. The SMILES string of the molecule is CC(C)c1cccc(NC2CCOC3(CCC3)C2)c1. The normalized spacial score (nSPS) is 25.3. The monoisotopic (exact) mass is 259 g/mol. The fourth-order valence-electron chi connectivity index (χ4n) is 3.29. The van der Waals surface area contributed by atoms with E-state index in [-0.39, 0.29) is 5.60 Å². The minimum atomic E-state index is 0.228. The molecule has 1 unspecified atom stereocenters. The molecule has 2 aliphatic rings. The van der Waals surface area contributed by atoms with Gasteiger partial charge in [0.2, 0.25) is 0 Å². The van der Waals surface area contributed by atoms with Gasteiger partial charge < -0.3 is 10.1 Å². The average Bonchev–Trinajstić information content (AvgIpc) is 2.37. The predicted octanol–water partition coefficient (Wildman–Crippen LogP) is 4.32. The largest absolute Gasteiger partial charge is 0.382 e. The van der Waals surface area contributed by atoms with Gasteiger partial charge in [-0.05, 0) is 55.7 Å². The van der Waals surface area contributed by atoms with Gasteiger partial charge in [0.15, 0.2) is 0 Å². The summed E-state index contributed by atoms with van der Waals surface area (Å²) >= 11 is 0. The molecule has 104 valence electrons. The first-order chi connectivity index (χ1) is 9.17. The Kier molecular flexibility index (Phi) is 3.53. The van der Waals surface area contributed by atoms with Gasteiger partial charge in [-0.15, -0.1) is 0 Å². The van der Waals surface area contributed by atoms with E-state index < -0.39 is 0 Å². The number of hydrogen-bond donors (Lipinski definition) is 1. The first-order valence-electron chi connectivity index (χ1n) is 7.67. The molecule has 1 spiro atoms. The Morgan fingerprint density at radius 1 is 1.32 bits per heavy atom. The summed E-state index contributed by atoms with van der Waals surface area (Å²) in [6, 6.07) is 9.45. The third kappa shape index (κ3) is 2.79. The molecule has 2 fully saturated rings. The molecule has 1 aromatic rings. The molecule has 2 nitrogen and oxygen atoms in total. The van der Waals surface area contributed by atoms with Gasteiger partial charge in [0.25, 0.3) is 0 Å². The van der Waals surface area contributed by atoms with Gasteiger partial charge in [-0.1, -0.05) is 26.0 Å². The molecule has 1 heterocycles. The molecule has 1 N–H and O–H groups in total. The maximum Gasteiger partial charge on any atom is 0.0702 e. The van der Waals surface area contributed by atoms with E-state index in [4.69, 9.17) is 4.74 Å². The van der Waals surface area contributed by atoms with Crippen LogP contribution in [0.15, 0.2) is 24.3 Å². The third-order valence-electron chi connectivity index (χ3n) is 4.68. The van der Waals surface area contributed by atoms with Gasteiger partial charge in [-0.2, -0.15) is 0 Å². The van der Waals surface area contributed by atoms with Gasteiger partial charge >= 0.3 is 0 Å². The summed E-state index contributed by atoms with van der Waals surface area (Å²) in [7, 11) is 0. The fourth-order valence-corrected chi connectivity index (χ4v) is 3.29. The molecule has 0 radical (unpaired) electrons. The van der Waals surface area contributed by atoms with Crippen molar-refractivity contribution in [3.63, 3.8) is 0 Å². The summed E-state index contributed by atoms with van der Waals surface area (Å²) in [4.78, 5) is 0. The van der Waals surface area contributed by atoms with Crippen molar-refractivity contribution in [3.05, 3.63) is 29.8 Å². The summed E-state index contributed by atoms with van der Waals surface area (Å²) in [5, 5.41) is 3.72. The summed E-state index contributed by atoms with van der Waals surface area (Å²) in [5.41, 5.74) is 2.91. The fraction of sp³-hybridized carbons (Fsp3) is 0.647. The van der Waals surface area contributed by atoms with E-state index in [0.717, 1.165) is 13.0 Å². The van der Waals surface area contributed by atoms with E-state index in [1.54, 1.807) is 0 Å². The molecular weight excluding hydrogens is 234 g/mol. The quantitative estimate of drug-likeness (QED) is 0.872. The van der Waals surface area contributed by atoms with Crippen molar-refractivity contribution in [2.24, 2.45) is 0 Å². The Labute approximate surface area is 116 Å². The van der Waals surface area contributed by atoms with Crippen molar-refractivity contribution < 1.29 is 4.74 Å². The Balaban J connectivity index is 1.65. The summed E-state index contributed by atoms with van der Waals surface area (Å²) in [5.74, 6) is 0.592. The predicted molar refractivity (Wildman–Crippen MR) is 79.7 cm³/mol. The molecule has 1 atom stereocenters. The number of benzene rings is 1.